The van der Waals surface area contributed by atoms with Crippen LogP contribution in [0.15, 0.2) is 29.1 Å². The van der Waals surface area contributed by atoms with Crippen molar-refractivity contribution in [3.63, 3.8) is 0 Å². The highest BCUT2D eigenvalue weighted by Crippen LogP contribution is 2.09. The van der Waals surface area contributed by atoms with Crippen LogP contribution in [-0.4, -0.2) is 14.9 Å². The second-order valence-electron chi connectivity index (χ2n) is 3.50. The minimum Gasteiger partial charge on any atom is -0.306 e. The number of benzene rings is 1. The van der Waals surface area contributed by atoms with Gasteiger partial charge in [-0.3, -0.25) is 4.57 Å². The summed E-state index contributed by atoms with van der Waals surface area (Å²) >= 11 is 3.39. The summed E-state index contributed by atoms with van der Waals surface area (Å²) in [4.78, 5) is 14.5. The summed E-state index contributed by atoms with van der Waals surface area (Å²) in [7, 11) is 0. The number of unbranched alkanes of at least 4 members (excludes halogenated alkanes) is 1. The molecule has 0 aliphatic heterocycles. The van der Waals surface area contributed by atoms with Crippen LogP contribution in [-0.2, 0) is 6.54 Å². The van der Waals surface area contributed by atoms with Crippen molar-refractivity contribution in [2.75, 3.05) is 5.33 Å². The Labute approximate surface area is 96.2 Å². The third-order valence-corrected chi connectivity index (χ3v) is 3.01. The number of hydrogen-bond acceptors (Lipinski definition) is 1. The number of H-pyrrole nitrogens is 1. The maximum absolute atomic E-state index is 11.6. The Balaban J connectivity index is 2.33. The molecule has 1 heterocycles. The standard InChI is InChI=1S/C11H13BrN2O/c12-7-3-4-8-14-10-6-2-1-5-9(10)13-11(14)15/h1-2,5-6H,3-4,7-8H2,(H,13,15). The molecule has 2 rings (SSSR count). The maximum atomic E-state index is 11.6. The van der Waals surface area contributed by atoms with Crippen LogP contribution in [0.2, 0.25) is 0 Å². The topological polar surface area (TPSA) is 37.8 Å². The number of fused-ring (bicyclic) bond motifs is 1. The van der Waals surface area contributed by atoms with E-state index >= 15 is 0 Å². The fourth-order valence-corrected chi connectivity index (χ4v) is 2.09. The molecule has 3 nitrogen and oxygen atoms in total. The third-order valence-electron chi connectivity index (χ3n) is 2.45. The lowest BCUT2D eigenvalue weighted by atomic mass is 10.3. The van der Waals surface area contributed by atoms with Crippen molar-refractivity contribution < 1.29 is 0 Å². The molecule has 1 aromatic carbocycles. The summed E-state index contributed by atoms with van der Waals surface area (Å²) < 4.78 is 1.80. The molecule has 0 saturated carbocycles. The maximum Gasteiger partial charge on any atom is 0.326 e. The van der Waals surface area contributed by atoms with Crippen LogP contribution in [0, 0.1) is 0 Å². The first-order valence-electron chi connectivity index (χ1n) is 5.06. The summed E-state index contributed by atoms with van der Waals surface area (Å²) in [6, 6.07) is 7.79. The van der Waals surface area contributed by atoms with E-state index in [0.29, 0.717) is 0 Å². The quantitative estimate of drug-likeness (QED) is 0.672. The van der Waals surface area contributed by atoms with Gasteiger partial charge in [0.2, 0.25) is 0 Å². The van der Waals surface area contributed by atoms with Gasteiger partial charge in [0.15, 0.2) is 0 Å². The first kappa shape index (κ1) is 10.5. The molecular formula is C11H13BrN2O. The molecule has 0 spiro atoms. The van der Waals surface area contributed by atoms with Crippen molar-refractivity contribution in [1.29, 1.82) is 0 Å². The number of para-hydroxylation sites is 2. The molecule has 0 fully saturated rings. The van der Waals surface area contributed by atoms with E-state index < -0.39 is 0 Å². The van der Waals surface area contributed by atoms with Crippen molar-refractivity contribution in [3.05, 3.63) is 34.7 Å². The SMILES string of the molecule is O=c1[nH]c2ccccc2n1CCCCBr. The van der Waals surface area contributed by atoms with E-state index in [1.807, 2.05) is 24.3 Å². The van der Waals surface area contributed by atoms with E-state index in [-0.39, 0.29) is 5.69 Å². The summed E-state index contributed by atoms with van der Waals surface area (Å²) in [5.41, 5.74) is 1.91. The zero-order valence-corrected chi connectivity index (χ0v) is 9.96. The predicted molar refractivity (Wildman–Crippen MR) is 65.6 cm³/mol. The van der Waals surface area contributed by atoms with E-state index in [0.717, 1.165) is 35.7 Å². The molecular weight excluding hydrogens is 256 g/mol. The molecule has 1 N–H and O–H groups in total. The van der Waals surface area contributed by atoms with E-state index in [9.17, 15) is 4.79 Å². The molecule has 0 aliphatic carbocycles. The Morgan fingerprint density at radius 3 is 2.87 bits per heavy atom. The molecule has 0 unspecified atom stereocenters. The summed E-state index contributed by atoms with van der Waals surface area (Å²) in [6.07, 6.45) is 2.11. The Hall–Kier alpha value is -1.03. The highest BCUT2D eigenvalue weighted by Gasteiger charge is 2.04. The average Bonchev–Trinajstić information content (AvgIpc) is 2.56. The number of nitrogens with one attached hydrogen (secondary N) is 1. The van der Waals surface area contributed by atoms with E-state index in [2.05, 4.69) is 20.9 Å². The van der Waals surface area contributed by atoms with Crippen LogP contribution in [0.3, 0.4) is 0 Å². The number of hydrogen-bond donors (Lipinski definition) is 1. The van der Waals surface area contributed by atoms with Gasteiger partial charge in [-0.05, 0) is 25.0 Å². The highest BCUT2D eigenvalue weighted by atomic mass is 79.9. The lowest BCUT2D eigenvalue weighted by molar-refractivity contribution is 0.633. The molecule has 0 aliphatic rings. The summed E-state index contributed by atoms with van der Waals surface area (Å²) in [5, 5.41) is 0.990. The minimum absolute atomic E-state index is 0.00854. The van der Waals surface area contributed by atoms with Crippen LogP contribution in [0.4, 0.5) is 0 Å². The number of aromatic nitrogens is 2. The number of nitrogens with zero attached hydrogens (tertiary/aromatic N) is 1. The van der Waals surface area contributed by atoms with Crippen molar-refractivity contribution in [2.45, 2.75) is 19.4 Å². The monoisotopic (exact) mass is 268 g/mol. The Morgan fingerprint density at radius 1 is 1.27 bits per heavy atom. The van der Waals surface area contributed by atoms with Crippen LogP contribution in [0.5, 0.6) is 0 Å². The van der Waals surface area contributed by atoms with Crippen LogP contribution < -0.4 is 5.69 Å². The molecule has 0 amide bonds. The van der Waals surface area contributed by atoms with Gasteiger partial charge in [-0.1, -0.05) is 28.1 Å². The number of aryl methyl sites for hydroxylation is 1. The molecule has 80 valence electrons. The number of alkyl halides is 1. The summed E-state index contributed by atoms with van der Waals surface area (Å²) in [5.74, 6) is 0. The van der Waals surface area contributed by atoms with Crippen molar-refractivity contribution in [1.82, 2.24) is 9.55 Å². The lowest BCUT2D eigenvalue weighted by Crippen LogP contribution is -2.16. The van der Waals surface area contributed by atoms with E-state index in [1.165, 1.54) is 0 Å². The summed E-state index contributed by atoms with van der Waals surface area (Å²) in [6.45, 7) is 0.786. The van der Waals surface area contributed by atoms with Crippen molar-refractivity contribution in [3.8, 4) is 0 Å². The van der Waals surface area contributed by atoms with Gasteiger partial charge >= 0.3 is 5.69 Å². The fourth-order valence-electron chi connectivity index (χ4n) is 1.69. The van der Waals surface area contributed by atoms with Crippen molar-refractivity contribution >= 4 is 27.0 Å². The Bertz CT molecular complexity index is 501. The van der Waals surface area contributed by atoms with Gasteiger partial charge in [0.1, 0.15) is 0 Å². The van der Waals surface area contributed by atoms with Gasteiger partial charge in [0, 0.05) is 11.9 Å². The molecule has 0 radical (unpaired) electrons. The molecule has 1 aromatic heterocycles. The molecule has 0 saturated heterocycles. The minimum atomic E-state index is -0.00854. The van der Waals surface area contributed by atoms with Crippen LogP contribution in [0.1, 0.15) is 12.8 Å². The predicted octanol–water partition coefficient (Wildman–Crippen LogP) is 2.50. The van der Waals surface area contributed by atoms with Gasteiger partial charge in [0.05, 0.1) is 11.0 Å². The average molecular weight is 269 g/mol. The zero-order chi connectivity index (χ0) is 10.7. The van der Waals surface area contributed by atoms with E-state index in [1.54, 1.807) is 4.57 Å². The zero-order valence-electron chi connectivity index (χ0n) is 8.37. The second kappa shape index (κ2) is 4.66. The van der Waals surface area contributed by atoms with Gasteiger partial charge in [-0.15, -0.1) is 0 Å². The number of rotatable bonds is 4. The third kappa shape index (κ3) is 2.15. The molecule has 2 aromatic rings. The largest absolute Gasteiger partial charge is 0.326 e. The van der Waals surface area contributed by atoms with E-state index in [4.69, 9.17) is 0 Å². The Kier molecular flexibility index (Phi) is 3.26. The van der Waals surface area contributed by atoms with Gasteiger partial charge < -0.3 is 4.98 Å². The number of aromatic amines is 1. The molecule has 15 heavy (non-hydrogen) atoms. The van der Waals surface area contributed by atoms with Gasteiger partial charge in [0.25, 0.3) is 0 Å². The number of halogens is 1. The normalized spacial score (nSPS) is 11.0. The molecule has 0 bridgehead atoms. The molecule has 0 atom stereocenters. The van der Waals surface area contributed by atoms with Gasteiger partial charge in [-0.25, -0.2) is 4.79 Å². The lowest BCUT2D eigenvalue weighted by Gasteiger charge is -2.01. The molecule has 4 heteroatoms. The van der Waals surface area contributed by atoms with Crippen LogP contribution >= 0.6 is 15.9 Å². The second-order valence-corrected chi connectivity index (χ2v) is 4.29. The first-order valence-corrected chi connectivity index (χ1v) is 6.18. The van der Waals surface area contributed by atoms with Gasteiger partial charge in [-0.2, -0.15) is 0 Å². The number of imidazole rings is 1. The smallest absolute Gasteiger partial charge is 0.306 e. The first-order chi connectivity index (χ1) is 7.33. The van der Waals surface area contributed by atoms with Crippen molar-refractivity contribution in [2.24, 2.45) is 0 Å². The highest BCUT2D eigenvalue weighted by molar-refractivity contribution is 9.09. The van der Waals surface area contributed by atoms with Crippen LogP contribution in [0.25, 0.3) is 11.0 Å². The Morgan fingerprint density at radius 2 is 2.07 bits per heavy atom. The fraction of sp³-hybridized carbons (Fsp3) is 0.364.